The first-order valence-electron chi connectivity index (χ1n) is 8.64. The minimum atomic E-state index is -0.481. The summed E-state index contributed by atoms with van der Waals surface area (Å²) in [5.41, 5.74) is 0.576. The van der Waals surface area contributed by atoms with E-state index >= 15 is 0 Å². The zero-order chi connectivity index (χ0) is 21.0. The first kappa shape index (κ1) is 20.7. The lowest BCUT2D eigenvalue weighted by Crippen LogP contribution is -2.22. The summed E-state index contributed by atoms with van der Waals surface area (Å²) in [5.74, 6) is -0.474. The molecule has 0 radical (unpaired) electrons. The van der Waals surface area contributed by atoms with Gasteiger partial charge in [0.1, 0.15) is 10.8 Å². The van der Waals surface area contributed by atoms with Crippen molar-refractivity contribution >= 4 is 40.7 Å². The minimum Gasteiger partial charge on any atom is -0.470 e. The SMILES string of the molecule is CCn1cc(NC(=O)c2ccn(COc3cccc(Cl)c3Cl)n2)c(C(=O)NC)n1. The van der Waals surface area contributed by atoms with E-state index in [-0.39, 0.29) is 18.1 Å². The molecule has 0 atom stereocenters. The summed E-state index contributed by atoms with van der Waals surface area (Å²) >= 11 is 12.0. The molecule has 0 unspecified atom stereocenters. The van der Waals surface area contributed by atoms with Crippen LogP contribution in [0.1, 0.15) is 27.9 Å². The van der Waals surface area contributed by atoms with Crippen molar-refractivity contribution in [3.05, 3.63) is 58.1 Å². The van der Waals surface area contributed by atoms with Crippen LogP contribution in [0.3, 0.4) is 0 Å². The highest BCUT2D eigenvalue weighted by Gasteiger charge is 2.19. The van der Waals surface area contributed by atoms with E-state index in [1.165, 1.54) is 17.8 Å². The van der Waals surface area contributed by atoms with Crippen molar-refractivity contribution in [3.63, 3.8) is 0 Å². The van der Waals surface area contributed by atoms with E-state index < -0.39 is 11.8 Å². The van der Waals surface area contributed by atoms with Crippen LogP contribution in [0.5, 0.6) is 5.75 Å². The van der Waals surface area contributed by atoms with E-state index in [4.69, 9.17) is 27.9 Å². The molecule has 0 aliphatic rings. The third-order valence-corrected chi connectivity index (χ3v) is 4.72. The van der Waals surface area contributed by atoms with Crippen LogP contribution < -0.4 is 15.4 Å². The molecule has 0 aliphatic carbocycles. The number of carbonyl (C=O) groups is 2. The quantitative estimate of drug-likeness (QED) is 0.592. The Balaban J connectivity index is 1.69. The molecule has 0 bridgehead atoms. The molecular formula is C18H18Cl2N6O3. The Kier molecular flexibility index (Phi) is 6.40. The predicted octanol–water partition coefficient (Wildman–Crippen LogP) is 3.05. The Hall–Kier alpha value is -3.04. The standard InChI is InChI=1S/C18H18Cl2N6O3/c1-3-25-9-13(16(24-25)18(28)21-2)22-17(27)12-7-8-26(23-12)10-29-14-6-4-5-11(19)15(14)20/h4-9H,3,10H2,1-2H3,(H,21,28)(H,22,27). The van der Waals surface area contributed by atoms with Gasteiger partial charge in [-0.2, -0.15) is 10.2 Å². The Morgan fingerprint density at radius 2 is 1.93 bits per heavy atom. The van der Waals surface area contributed by atoms with Crippen LogP contribution in [0, 0.1) is 0 Å². The molecule has 9 nitrogen and oxygen atoms in total. The van der Waals surface area contributed by atoms with Crippen LogP contribution in [0.2, 0.25) is 10.0 Å². The number of nitrogens with zero attached hydrogens (tertiary/aromatic N) is 4. The fourth-order valence-electron chi connectivity index (χ4n) is 2.43. The number of anilines is 1. The molecule has 152 valence electrons. The van der Waals surface area contributed by atoms with Crippen molar-refractivity contribution in [1.82, 2.24) is 24.9 Å². The second-order valence-corrected chi connectivity index (χ2v) is 6.63. The zero-order valence-corrected chi connectivity index (χ0v) is 17.2. The van der Waals surface area contributed by atoms with Crippen LogP contribution >= 0.6 is 23.2 Å². The number of carbonyl (C=O) groups excluding carboxylic acids is 2. The van der Waals surface area contributed by atoms with E-state index in [0.717, 1.165) is 0 Å². The molecule has 3 rings (SSSR count). The highest BCUT2D eigenvalue weighted by atomic mass is 35.5. The monoisotopic (exact) mass is 436 g/mol. The predicted molar refractivity (Wildman–Crippen MR) is 109 cm³/mol. The van der Waals surface area contributed by atoms with Gasteiger partial charge in [0.15, 0.2) is 18.1 Å². The fraction of sp³-hybridized carbons (Fsp3) is 0.222. The summed E-state index contributed by atoms with van der Waals surface area (Å²) < 4.78 is 8.57. The molecule has 2 N–H and O–H groups in total. The molecule has 2 heterocycles. The lowest BCUT2D eigenvalue weighted by molar-refractivity contribution is 0.0958. The van der Waals surface area contributed by atoms with Gasteiger partial charge in [0.05, 0.1) is 10.7 Å². The normalized spacial score (nSPS) is 10.6. The third-order valence-electron chi connectivity index (χ3n) is 3.92. The van der Waals surface area contributed by atoms with Crippen molar-refractivity contribution in [3.8, 4) is 5.75 Å². The van der Waals surface area contributed by atoms with E-state index in [1.54, 1.807) is 35.3 Å². The fourth-order valence-corrected chi connectivity index (χ4v) is 2.78. The van der Waals surface area contributed by atoms with Gasteiger partial charge in [-0.05, 0) is 25.1 Å². The molecule has 1 aromatic carbocycles. The number of halogens is 2. The number of aryl methyl sites for hydroxylation is 1. The maximum atomic E-state index is 12.5. The molecule has 0 aliphatic heterocycles. The summed E-state index contributed by atoms with van der Waals surface area (Å²) in [6.45, 7) is 2.46. The average Bonchev–Trinajstić information content (AvgIpc) is 3.35. The number of benzene rings is 1. The largest absolute Gasteiger partial charge is 0.470 e. The molecule has 3 aromatic rings. The molecule has 2 aromatic heterocycles. The maximum absolute atomic E-state index is 12.5. The van der Waals surface area contributed by atoms with Gasteiger partial charge in [-0.15, -0.1) is 0 Å². The second kappa shape index (κ2) is 8.97. The average molecular weight is 437 g/mol. The number of ether oxygens (including phenoxy) is 1. The molecule has 0 saturated carbocycles. The smallest absolute Gasteiger partial charge is 0.276 e. The van der Waals surface area contributed by atoms with Crippen LogP contribution in [0.4, 0.5) is 5.69 Å². The highest BCUT2D eigenvalue weighted by Crippen LogP contribution is 2.31. The Morgan fingerprint density at radius 1 is 1.14 bits per heavy atom. The van der Waals surface area contributed by atoms with Gasteiger partial charge < -0.3 is 15.4 Å². The van der Waals surface area contributed by atoms with E-state index in [2.05, 4.69) is 20.8 Å². The van der Waals surface area contributed by atoms with Crippen LogP contribution in [0.25, 0.3) is 0 Å². The summed E-state index contributed by atoms with van der Waals surface area (Å²) in [5, 5.41) is 14.2. The molecule has 11 heteroatoms. The van der Waals surface area contributed by atoms with Crippen molar-refractivity contribution in [2.75, 3.05) is 12.4 Å². The van der Waals surface area contributed by atoms with Gasteiger partial charge in [0, 0.05) is 26.0 Å². The summed E-state index contributed by atoms with van der Waals surface area (Å²) in [4.78, 5) is 24.5. The van der Waals surface area contributed by atoms with Crippen molar-refractivity contribution in [2.45, 2.75) is 20.2 Å². The van der Waals surface area contributed by atoms with Crippen molar-refractivity contribution in [1.29, 1.82) is 0 Å². The van der Waals surface area contributed by atoms with Crippen LogP contribution in [0.15, 0.2) is 36.7 Å². The number of aromatic nitrogens is 4. The lowest BCUT2D eigenvalue weighted by atomic mass is 10.3. The van der Waals surface area contributed by atoms with Gasteiger partial charge in [-0.25, -0.2) is 4.68 Å². The Labute approximate surface area is 176 Å². The van der Waals surface area contributed by atoms with Crippen molar-refractivity contribution < 1.29 is 14.3 Å². The summed E-state index contributed by atoms with van der Waals surface area (Å²) in [6.07, 6.45) is 3.17. The van der Waals surface area contributed by atoms with E-state index in [9.17, 15) is 9.59 Å². The maximum Gasteiger partial charge on any atom is 0.276 e. The molecule has 0 saturated heterocycles. The first-order chi connectivity index (χ1) is 13.9. The highest BCUT2D eigenvalue weighted by molar-refractivity contribution is 6.42. The minimum absolute atomic E-state index is 0.0323. The van der Waals surface area contributed by atoms with E-state index in [0.29, 0.717) is 28.0 Å². The topological polar surface area (TPSA) is 103 Å². The molecule has 2 amide bonds. The Morgan fingerprint density at radius 3 is 2.66 bits per heavy atom. The first-order valence-corrected chi connectivity index (χ1v) is 9.39. The third kappa shape index (κ3) is 4.69. The summed E-state index contributed by atoms with van der Waals surface area (Å²) in [7, 11) is 1.49. The Bertz CT molecular complexity index is 1050. The number of hydrogen-bond donors (Lipinski definition) is 2. The number of nitrogens with one attached hydrogen (secondary N) is 2. The van der Waals surface area contributed by atoms with Gasteiger partial charge in [-0.1, -0.05) is 29.3 Å². The van der Waals surface area contributed by atoms with Gasteiger partial charge in [0.25, 0.3) is 11.8 Å². The zero-order valence-electron chi connectivity index (χ0n) is 15.6. The van der Waals surface area contributed by atoms with Gasteiger partial charge in [0.2, 0.25) is 0 Å². The van der Waals surface area contributed by atoms with Crippen molar-refractivity contribution in [2.24, 2.45) is 0 Å². The molecule has 29 heavy (non-hydrogen) atoms. The lowest BCUT2D eigenvalue weighted by Gasteiger charge is -2.08. The van der Waals surface area contributed by atoms with Gasteiger partial charge >= 0.3 is 0 Å². The van der Waals surface area contributed by atoms with Crippen LogP contribution in [-0.4, -0.2) is 38.4 Å². The molecule has 0 fully saturated rings. The van der Waals surface area contributed by atoms with Gasteiger partial charge in [-0.3, -0.25) is 14.3 Å². The second-order valence-electron chi connectivity index (χ2n) is 5.85. The number of hydrogen-bond acceptors (Lipinski definition) is 5. The van der Waals surface area contributed by atoms with E-state index in [1.807, 2.05) is 6.92 Å². The molecular weight excluding hydrogens is 419 g/mol. The van der Waals surface area contributed by atoms with Crippen LogP contribution in [-0.2, 0) is 13.3 Å². The number of amides is 2. The number of rotatable bonds is 7. The summed E-state index contributed by atoms with van der Waals surface area (Å²) in [6, 6.07) is 6.58. The molecule has 0 spiro atoms.